The van der Waals surface area contributed by atoms with Gasteiger partial charge in [0.1, 0.15) is 5.75 Å². The summed E-state index contributed by atoms with van der Waals surface area (Å²) in [7, 11) is -1.73. The van der Waals surface area contributed by atoms with Crippen LogP contribution in [0.1, 0.15) is 36.6 Å². The van der Waals surface area contributed by atoms with Crippen molar-refractivity contribution in [3.8, 4) is 5.75 Å². The molecule has 3 aliphatic heterocycles. The number of carbonyl (C=O) groups is 2. The van der Waals surface area contributed by atoms with Gasteiger partial charge in [-0.3, -0.25) is 14.3 Å². The predicted molar refractivity (Wildman–Crippen MR) is 161 cm³/mol. The van der Waals surface area contributed by atoms with E-state index in [4.69, 9.17) is 9.47 Å². The number of aliphatic hydroxyl groups excluding tert-OH is 1. The highest BCUT2D eigenvalue weighted by molar-refractivity contribution is 6.72. The van der Waals surface area contributed by atoms with Crippen LogP contribution in [0.15, 0.2) is 48.7 Å². The Balaban J connectivity index is 1.32. The maximum atomic E-state index is 16.1. The average molecular weight is 608 g/mol. The molecule has 6 rings (SSSR count). The monoisotopic (exact) mass is 607 g/mol. The summed E-state index contributed by atoms with van der Waals surface area (Å²) in [6.45, 7) is 6.77. The number of ether oxygens (including phenoxy) is 2. The van der Waals surface area contributed by atoms with Gasteiger partial charge in [0.05, 0.1) is 31.1 Å². The van der Waals surface area contributed by atoms with Crippen molar-refractivity contribution in [2.45, 2.75) is 69.6 Å². The van der Waals surface area contributed by atoms with Gasteiger partial charge in [0.15, 0.2) is 5.60 Å². The van der Waals surface area contributed by atoms with Gasteiger partial charge in [0.25, 0.3) is 5.91 Å². The summed E-state index contributed by atoms with van der Waals surface area (Å²) in [6, 6.07) is 13.3. The number of benzene rings is 2. The second-order valence-electron chi connectivity index (χ2n) is 12.2. The van der Waals surface area contributed by atoms with Crippen molar-refractivity contribution < 1.29 is 28.3 Å². The van der Waals surface area contributed by atoms with Crippen LogP contribution < -0.4 is 14.5 Å². The van der Waals surface area contributed by atoms with Crippen LogP contribution in [-0.4, -0.2) is 66.7 Å². The quantitative estimate of drug-likeness (QED) is 0.211. The molecule has 12 heteroatoms. The van der Waals surface area contributed by atoms with Gasteiger partial charge in [-0.15, -0.1) is 5.10 Å². The fourth-order valence-corrected chi connectivity index (χ4v) is 9.61. The first-order valence-electron chi connectivity index (χ1n) is 14.8. The molecule has 0 aliphatic carbocycles. The smallest absolute Gasteiger partial charge is 0.264 e. The van der Waals surface area contributed by atoms with E-state index in [1.165, 1.54) is 0 Å². The van der Waals surface area contributed by atoms with Crippen LogP contribution in [0, 0.1) is 5.92 Å². The van der Waals surface area contributed by atoms with Gasteiger partial charge in [-0.05, 0) is 55.4 Å². The first-order valence-corrected chi connectivity index (χ1v) is 17.8. The van der Waals surface area contributed by atoms with Crippen molar-refractivity contribution in [3.63, 3.8) is 0 Å². The van der Waals surface area contributed by atoms with E-state index >= 15 is 4.11 Å². The van der Waals surface area contributed by atoms with E-state index in [9.17, 15) is 14.7 Å². The Morgan fingerprint density at radius 2 is 1.95 bits per heavy atom. The highest BCUT2D eigenvalue weighted by atomic mass is 28.4. The first-order chi connectivity index (χ1) is 20.6. The minimum atomic E-state index is -3.32. The number of nitrogens with zero attached hydrogens (tertiary/aromatic N) is 5. The number of hydrogen-bond donors (Lipinski definition) is 1. The van der Waals surface area contributed by atoms with Gasteiger partial charge in [0, 0.05) is 61.4 Å². The van der Waals surface area contributed by atoms with Gasteiger partial charge in [-0.25, -0.2) is 0 Å². The van der Waals surface area contributed by atoms with Crippen molar-refractivity contribution in [2.24, 2.45) is 5.92 Å². The van der Waals surface area contributed by atoms with Crippen molar-refractivity contribution >= 4 is 31.6 Å². The highest BCUT2D eigenvalue weighted by Crippen LogP contribution is 2.60. The number of carbonyl (C=O) groups excluding carboxylic acids is 2. The molecule has 4 atom stereocenters. The number of aromatic nitrogens is 3. The molecule has 1 aromatic heterocycles. The van der Waals surface area contributed by atoms with Crippen LogP contribution in [0.25, 0.3) is 0 Å². The second-order valence-corrected chi connectivity index (χ2v) is 16.0. The lowest BCUT2D eigenvalue weighted by molar-refractivity contribution is -0.146. The molecule has 0 saturated carbocycles. The number of aryl methyl sites for hydroxylation is 1. The van der Waals surface area contributed by atoms with Crippen LogP contribution in [0.2, 0.25) is 18.6 Å². The molecule has 2 fully saturated rings. The highest BCUT2D eigenvalue weighted by Gasteiger charge is 2.66. The summed E-state index contributed by atoms with van der Waals surface area (Å²) < 4.78 is 30.2. The zero-order valence-corrected chi connectivity index (χ0v) is 26.0. The molecule has 0 bridgehead atoms. The van der Waals surface area contributed by atoms with E-state index in [1.807, 2.05) is 49.4 Å². The number of halogens is 1. The Morgan fingerprint density at radius 1 is 1.19 bits per heavy atom. The zero-order chi connectivity index (χ0) is 30.5. The van der Waals surface area contributed by atoms with Crippen LogP contribution in [-0.2, 0) is 39.4 Å². The van der Waals surface area contributed by atoms with E-state index in [0.717, 1.165) is 16.9 Å². The molecule has 0 radical (unpaired) electrons. The first kappa shape index (κ1) is 29.5. The molecule has 2 saturated heterocycles. The van der Waals surface area contributed by atoms with Crippen molar-refractivity contribution in [3.05, 3.63) is 65.5 Å². The van der Waals surface area contributed by atoms with E-state index in [1.54, 1.807) is 40.9 Å². The number of amides is 2. The minimum Gasteiger partial charge on any atom is -0.497 e. The van der Waals surface area contributed by atoms with Crippen LogP contribution in [0.3, 0.4) is 0 Å². The number of β-lactam (4-membered cyclic amide) rings is 1. The molecule has 1 spiro atoms. The van der Waals surface area contributed by atoms with Crippen molar-refractivity contribution in [1.29, 1.82) is 0 Å². The molecular weight excluding hydrogens is 569 g/mol. The fraction of sp³-hybridized carbons (Fsp3) is 0.484. The molecule has 228 valence electrons. The molecule has 0 unspecified atom stereocenters. The summed E-state index contributed by atoms with van der Waals surface area (Å²) in [6.07, 6.45) is 2.71. The Morgan fingerprint density at radius 3 is 2.58 bits per heavy atom. The van der Waals surface area contributed by atoms with E-state index < -0.39 is 31.6 Å². The van der Waals surface area contributed by atoms with Gasteiger partial charge >= 0.3 is 0 Å². The van der Waals surface area contributed by atoms with E-state index in [2.05, 4.69) is 10.3 Å². The van der Waals surface area contributed by atoms with Crippen LogP contribution >= 0.6 is 0 Å². The molecule has 43 heavy (non-hydrogen) atoms. The summed E-state index contributed by atoms with van der Waals surface area (Å²) in [5.74, 6) is 0.0791. The Kier molecular flexibility index (Phi) is 7.63. The zero-order valence-electron chi connectivity index (χ0n) is 25.0. The third-order valence-electron chi connectivity index (χ3n) is 9.20. The van der Waals surface area contributed by atoms with Crippen LogP contribution in [0.4, 0.5) is 15.5 Å². The van der Waals surface area contributed by atoms with Gasteiger partial charge in [-0.2, -0.15) is 0 Å². The standard InChI is InChI=1S/C31H38FN5O5Si/c1-20-29(43(3,4)32)27(11-14-35-19-22(13-16-38)33-34-35)42-31(20)25-17-24(41-2)9-10-26(25)37(30(31)40)18-21-5-7-23(8-6-21)36-15-12-28(36)39/h5-10,17,19-20,27,29,38H,11-16,18H2,1-4H3/t20-,27+,29-,31+/m1/s1. The van der Waals surface area contributed by atoms with E-state index in [0.29, 0.717) is 55.9 Å². The lowest BCUT2D eigenvalue weighted by atomic mass is 9.82. The number of anilines is 2. The third kappa shape index (κ3) is 5.04. The Bertz CT molecular complexity index is 1530. The van der Waals surface area contributed by atoms with Crippen LogP contribution in [0.5, 0.6) is 5.75 Å². The minimum absolute atomic E-state index is 0.0159. The van der Waals surface area contributed by atoms with Crippen molar-refractivity contribution in [2.75, 3.05) is 30.1 Å². The predicted octanol–water partition coefficient (Wildman–Crippen LogP) is 3.97. The number of hydrogen-bond acceptors (Lipinski definition) is 7. The topological polar surface area (TPSA) is 110 Å². The largest absolute Gasteiger partial charge is 0.497 e. The number of methoxy groups -OCH3 is 1. The SMILES string of the molecule is COc1ccc2c(c1)[C@]1(O[C@@H](CCn3cc(CCO)nn3)[C@H]([Si](C)(C)F)[C@H]1C)C(=O)N2Cc1ccc(N2CCC2=O)cc1. The normalized spacial score (nSPS) is 25.0. The number of fused-ring (bicyclic) bond motifs is 2. The molecule has 2 aromatic carbocycles. The Hall–Kier alpha value is -3.61. The van der Waals surface area contributed by atoms with Gasteiger partial charge < -0.3 is 28.5 Å². The second kappa shape index (κ2) is 11.1. The third-order valence-corrected chi connectivity index (χ3v) is 11.7. The molecule has 3 aromatic rings. The summed E-state index contributed by atoms with van der Waals surface area (Å²) in [5.41, 5.74) is 2.06. The fourth-order valence-electron chi connectivity index (χ4n) is 7.07. The number of aliphatic hydroxyl groups is 1. The summed E-state index contributed by atoms with van der Waals surface area (Å²) in [4.78, 5) is 30.0. The maximum Gasteiger partial charge on any atom is 0.264 e. The van der Waals surface area contributed by atoms with Crippen molar-refractivity contribution in [1.82, 2.24) is 15.0 Å². The molecule has 2 amide bonds. The summed E-state index contributed by atoms with van der Waals surface area (Å²) >= 11 is 0. The lowest BCUT2D eigenvalue weighted by Gasteiger charge is -2.31. The summed E-state index contributed by atoms with van der Waals surface area (Å²) in [5, 5.41) is 17.5. The average Bonchev–Trinajstić information content (AvgIpc) is 3.62. The van der Waals surface area contributed by atoms with Gasteiger partial charge in [0.2, 0.25) is 14.3 Å². The Labute approximate surface area is 251 Å². The van der Waals surface area contributed by atoms with E-state index in [-0.39, 0.29) is 18.4 Å². The maximum absolute atomic E-state index is 16.1. The molecule has 1 N–H and O–H groups in total. The number of rotatable bonds is 10. The molecule has 10 nitrogen and oxygen atoms in total. The lowest BCUT2D eigenvalue weighted by Crippen LogP contribution is -2.45. The van der Waals surface area contributed by atoms with Gasteiger partial charge in [-0.1, -0.05) is 24.3 Å². The molecule has 3 aliphatic rings. The molecular formula is C31H38FN5O5Si. The molecule has 4 heterocycles.